The summed E-state index contributed by atoms with van der Waals surface area (Å²) in [5.41, 5.74) is 0. The maximum Gasteiger partial charge on any atom is 0.000966 e. The molecule has 0 bridgehead atoms. The first-order chi connectivity index (χ1) is 8.58. The van der Waals surface area contributed by atoms with Gasteiger partial charge in [0.2, 0.25) is 0 Å². The van der Waals surface area contributed by atoms with Crippen LogP contribution in [0.15, 0.2) is 0 Å². The number of piperidine rings is 1. The Morgan fingerprint density at radius 1 is 1.00 bits per heavy atom. The second-order valence-electron chi connectivity index (χ2n) is 7.17. The van der Waals surface area contributed by atoms with E-state index in [1.807, 2.05) is 0 Å². The lowest BCUT2D eigenvalue weighted by Gasteiger charge is -2.33. The zero-order valence-electron chi connectivity index (χ0n) is 13.3. The van der Waals surface area contributed by atoms with Crippen LogP contribution in [0.3, 0.4) is 0 Å². The highest BCUT2D eigenvalue weighted by atomic mass is 15.1. The highest BCUT2D eigenvalue weighted by Gasteiger charge is 2.19. The van der Waals surface area contributed by atoms with Gasteiger partial charge in [-0.3, -0.25) is 0 Å². The van der Waals surface area contributed by atoms with E-state index in [1.54, 1.807) is 0 Å². The van der Waals surface area contributed by atoms with Gasteiger partial charge in [-0.05, 0) is 62.9 Å². The summed E-state index contributed by atoms with van der Waals surface area (Å²) in [5.74, 6) is 2.75. The third-order valence-electron chi connectivity index (χ3n) is 4.25. The molecule has 1 heterocycles. The summed E-state index contributed by atoms with van der Waals surface area (Å²) >= 11 is 0. The Kier molecular flexibility index (Phi) is 7.97. The average Bonchev–Trinajstić information content (AvgIpc) is 2.28. The second-order valence-corrected chi connectivity index (χ2v) is 7.17. The predicted octanol–water partition coefficient (Wildman–Crippen LogP) is 4.96. The molecule has 0 spiro atoms. The molecule has 1 saturated heterocycles. The Bertz CT molecular complexity index is 178. The Balaban J connectivity index is 2.11. The highest BCUT2D eigenvalue weighted by molar-refractivity contribution is 4.73. The lowest BCUT2D eigenvalue weighted by atomic mass is 9.91. The second kappa shape index (κ2) is 8.96. The molecule has 1 aliphatic heterocycles. The molecule has 1 unspecified atom stereocenters. The number of rotatable bonds is 8. The molecule has 1 aliphatic rings. The molecule has 0 aromatic carbocycles. The average molecular weight is 253 g/mol. The molecule has 1 heteroatoms. The number of nitrogens with zero attached hydrogens (tertiary/aromatic N) is 1. The number of hydrogen-bond donors (Lipinski definition) is 0. The zero-order valence-corrected chi connectivity index (χ0v) is 13.3. The zero-order chi connectivity index (χ0) is 13.4. The maximum absolute atomic E-state index is 2.73. The third-order valence-corrected chi connectivity index (χ3v) is 4.25. The van der Waals surface area contributed by atoms with Crippen LogP contribution in [-0.4, -0.2) is 24.5 Å². The first kappa shape index (κ1) is 16.0. The summed E-state index contributed by atoms with van der Waals surface area (Å²) in [7, 11) is 0. The van der Waals surface area contributed by atoms with Crippen LogP contribution in [0.1, 0.15) is 72.6 Å². The van der Waals surface area contributed by atoms with Crippen molar-refractivity contribution in [2.45, 2.75) is 72.6 Å². The van der Waals surface area contributed by atoms with Crippen molar-refractivity contribution in [2.75, 3.05) is 19.6 Å². The van der Waals surface area contributed by atoms with Gasteiger partial charge in [0.05, 0.1) is 0 Å². The van der Waals surface area contributed by atoms with Gasteiger partial charge in [0.25, 0.3) is 0 Å². The van der Waals surface area contributed by atoms with Gasteiger partial charge < -0.3 is 4.90 Å². The summed E-state index contributed by atoms with van der Waals surface area (Å²) in [6.45, 7) is 13.5. The lowest BCUT2D eigenvalue weighted by molar-refractivity contribution is 0.161. The quantitative estimate of drug-likeness (QED) is 0.591. The minimum Gasteiger partial charge on any atom is -0.303 e. The van der Waals surface area contributed by atoms with E-state index in [-0.39, 0.29) is 0 Å². The maximum atomic E-state index is 2.73. The Labute approximate surface area is 115 Å². The summed E-state index contributed by atoms with van der Waals surface area (Å²) < 4.78 is 0. The minimum absolute atomic E-state index is 0.872. The largest absolute Gasteiger partial charge is 0.303 e. The van der Waals surface area contributed by atoms with E-state index in [1.165, 1.54) is 64.6 Å². The van der Waals surface area contributed by atoms with Crippen molar-refractivity contribution < 1.29 is 0 Å². The molecule has 1 fully saturated rings. The van der Waals surface area contributed by atoms with Crippen molar-refractivity contribution in [3.8, 4) is 0 Å². The van der Waals surface area contributed by atoms with Gasteiger partial charge >= 0.3 is 0 Å². The summed E-state index contributed by atoms with van der Waals surface area (Å²) in [6, 6.07) is 0. The van der Waals surface area contributed by atoms with Gasteiger partial charge in [-0.15, -0.1) is 0 Å². The third kappa shape index (κ3) is 7.41. The highest BCUT2D eigenvalue weighted by Crippen LogP contribution is 2.23. The Morgan fingerprint density at radius 3 is 2.33 bits per heavy atom. The number of likely N-dealkylation sites (tertiary alicyclic amines) is 1. The smallest absolute Gasteiger partial charge is 0.000966 e. The SMILES string of the molecule is CC(C)CCCC1CCCN(CCCC(C)C)C1. The van der Waals surface area contributed by atoms with E-state index in [0.29, 0.717) is 0 Å². The molecule has 1 atom stereocenters. The number of hydrogen-bond acceptors (Lipinski definition) is 1. The fraction of sp³-hybridized carbons (Fsp3) is 1.00. The van der Waals surface area contributed by atoms with E-state index >= 15 is 0 Å². The van der Waals surface area contributed by atoms with Crippen LogP contribution in [-0.2, 0) is 0 Å². The summed E-state index contributed by atoms with van der Waals surface area (Å²) in [5, 5.41) is 0. The molecule has 0 saturated carbocycles. The van der Waals surface area contributed by atoms with Crippen molar-refractivity contribution in [3.05, 3.63) is 0 Å². The molecule has 0 aromatic heterocycles. The fourth-order valence-electron chi connectivity index (χ4n) is 3.13. The molecular formula is C17H35N. The van der Waals surface area contributed by atoms with Gasteiger partial charge in [0.1, 0.15) is 0 Å². The standard InChI is InChI=1S/C17H35N/c1-15(2)8-5-10-17-11-7-13-18(14-17)12-6-9-16(3)4/h15-17H,5-14H2,1-4H3. The molecule has 0 aliphatic carbocycles. The van der Waals surface area contributed by atoms with Crippen molar-refractivity contribution in [3.63, 3.8) is 0 Å². The van der Waals surface area contributed by atoms with Crippen molar-refractivity contribution in [2.24, 2.45) is 17.8 Å². The molecular weight excluding hydrogens is 218 g/mol. The minimum atomic E-state index is 0.872. The Morgan fingerprint density at radius 2 is 1.67 bits per heavy atom. The molecule has 1 nitrogen and oxygen atoms in total. The Hall–Kier alpha value is -0.0400. The summed E-state index contributed by atoms with van der Waals surface area (Å²) in [6.07, 6.45) is 10.1. The molecule has 0 N–H and O–H groups in total. The molecule has 0 radical (unpaired) electrons. The van der Waals surface area contributed by atoms with E-state index in [9.17, 15) is 0 Å². The van der Waals surface area contributed by atoms with Gasteiger partial charge in [0.15, 0.2) is 0 Å². The van der Waals surface area contributed by atoms with Crippen LogP contribution in [0.5, 0.6) is 0 Å². The van der Waals surface area contributed by atoms with Crippen molar-refractivity contribution in [1.29, 1.82) is 0 Å². The van der Waals surface area contributed by atoms with Crippen molar-refractivity contribution in [1.82, 2.24) is 4.90 Å². The monoisotopic (exact) mass is 253 g/mol. The molecule has 1 rings (SSSR count). The van der Waals surface area contributed by atoms with Gasteiger partial charge in [-0.2, -0.15) is 0 Å². The molecule has 108 valence electrons. The molecule has 18 heavy (non-hydrogen) atoms. The predicted molar refractivity (Wildman–Crippen MR) is 81.9 cm³/mol. The summed E-state index contributed by atoms with van der Waals surface area (Å²) in [4.78, 5) is 2.73. The van der Waals surface area contributed by atoms with Crippen LogP contribution >= 0.6 is 0 Å². The topological polar surface area (TPSA) is 3.24 Å². The van der Waals surface area contributed by atoms with Crippen LogP contribution in [0.2, 0.25) is 0 Å². The van der Waals surface area contributed by atoms with E-state index < -0.39 is 0 Å². The van der Waals surface area contributed by atoms with Gasteiger partial charge in [-0.1, -0.05) is 40.5 Å². The van der Waals surface area contributed by atoms with E-state index in [2.05, 4.69) is 32.6 Å². The van der Waals surface area contributed by atoms with Crippen molar-refractivity contribution >= 4 is 0 Å². The van der Waals surface area contributed by atoms with Gasteiger partial charge in [0, 0.05) is 6.54 Å². The van der Waals surface area contributed by atoms with Crippen LogP contribution in [0.25, 0.3) is 0 Å². The van der Waals surface area contributed by atoms with Gasteiger partial charge in [-0.25, -0.2) is 0 Å². The van der Waals surface area contributed by atoms with Crippen LogP contribution < -0.4 is 0 Å². The van der Waals surface area contributed by atoms with E-state index in [4.69, 9.17) is 0 Å². The first-order valence-electron chi connectivity index (χ1n) is 8.30. The van der Waals surface area contributed by atoms with E-state index in [0.717, 1.165) is 17.8 Å². The van der Waals surface area contributed by atoms with Crippen LogP contribution in [0, 0.1) is 17.8 Å². The fourth-order valence-corrected chi connectivity index (χ4v) is 3.13. The molecule has 0 amide bonds. The van der Waals surface area contributed by atoms with Crippen LogP contribution in [0.4, 0.5) is 0 Å². The first-order valence-corrected chi connectivity index (χ1v) is 8.30. The normalized spacial score (nSPS) is 22.0. The lowest BCUT2D eigenvalue weighted by Crippen LogP contribution is -2.36. The molecule has 0 aromatic rings.